The Morgan fingerprint density at radius 1 is 1.50 bits per heavy atom. The topological polar surface area (TPSA) is 41.6 Å². The number of hydrogen-bond acceptors (Lipinski definition) is 3. The molecule has 0 spiro atoms. The quantitative estimate of drug-likeness (QED) is 0.854. The summed E-state index contributed by atoms with van der Waals surface area (Å²) < 4.78 is 2.83. The smallest absolute Gasteiger partial charge is 0.172 e. The van der Waals surface area contributed by atoms with E-state index < -0.39 is 0 Å². The van der Waals surface area contributed by atoms with E-state index in [1.807, 2.05) is 36.0 Å². The molecule has 5 heteroatoms. The lowest BCUT2D eigenvalue weighted by Crippen LogP contribution is -1.89. The van der Waals surface area contributed by atoms with Crippen LogP contribution in [0.5, 0.6) is 0 Å². The third-order valence-electron chi connectivity index (χ3n) is 2.04. The van der Waals surface area contributed by atoms with Gasteiger partial charge in [0.15, 0.2) is 5.16 Å². The van der Waals surface area contributed by atoms with Crippen LogP contribution in [0.1, 0.15) is 5.56 Å². The fourth-order valence-electron chi connectivity index (χ4n) is 1.23. The molecular formula is C11H8BrN3S. The van der Waals surface area contributed by atoms with Crippen molar-refractivity contribution in [3.05, 3.63) is 40.6 Å². The number of halogens is 1. The molecule has 0 fully saturated rings. The summed E-state index contributed by atoms with van der Waals surface area (Å²) >= 11 is 4.84. The molecule has 0 aliphatic carbocycles. The fraction of sp³-hybridized carbons (Fsp3) is 0.0909. The predicted octanol–water partition coefficient (Wildman–Crippen LogP) is 3.21. The summed E-state index contributed by atoms with van der Waals surface area (Å²) in [5.41, 5.74) is 0.655. The molecule has 3 nitrogen and oxygen atoms in total. The lowest BCUT2D eigenvalue weighted by Gasteiger charge is -2.03. The summed E-state index contributed by atoms with van der Waals surface area (Å²) in [6, 6.07) is 7.83. The van der Waals surface area contributed by atoms with Crippen molar-refractivity contribution < 1.29 is 0 Å². The fourth-order valence-corrected chi connectivity index (χ4v) is 2.45. The van der Waals surface area contributed by atoms with Gasteiger partial charge in [-0.05, 0) is 18.2 Å². The zero-order valence-electron chi connectivity index (χ0n) is 8.51. The minimum Gasteiger partial charge on any atom is -0.329 e. The molecule has 0 radical (unpaired) electrons. The number of aromatic nitrogens is 2. The van der Waals surface area contributed by atoms with Gasteiger partial charge in [-0.2, -0.15) is 5.26 Å². The van der Waals surface area contributed by atoms with E-state index in [1.165, 1.54) is 11.8 Å². The molecule has 16 heavy (non-hydrogen) atoms. The summed E-state index contributed by atoms with van der Waals surface area (Å²) in [5.74, 6) is 0. The number of aryl methyl sites for hydroxylation is 1. The normalized spacial score (nSPS) is 10.1. The molecule has 1 aromatic heterocycles. The molecule has 0 unspecified atom stereocenters. The second kappa shape index (κ2) is 4.73. The molecule has 0 bridgehead atoms. The maximum Gasteiger partial charge on any atom is 0.172 e. The third kappa shape index (κ3) is 2.29. The Balaban J connectivity index is 2.36. The van der Waals surface area contributed by atoms with Gasteiger partial charge in [-0.1, -0.05) is 27.7 Å². The summed E-state index contributed by atoms with van der Waals surface area (Å²) in [4.78, 5) is 5.13. The molecule has 0 saturated heterocycles. The van der Waals surface area contributed by atoms with Gasteiger partial charge in [0.05, 0.1) is 5.56 Å². The van der Waals surface area contributed by atoms with Gasteiger partial charge < -0.3 is 4.57 Å². The van der Waals surface area contributed by atoms with Crippen LogP contribution in [0.15, 0.2) is 45.1 Å². The zero-order valence-corrected chi connectivity index (χ0v) is 10.9. The highest BCUT2D eigenvalue weighted by Crippen LogP contribution is 2.30. The van der Waals surface area contributed by atoms with E-state index >= 15 is 0 Å². The molecule has 80 valence electrons. The van der Waals surface area contributed by atoms with E-state index in [0.29, 0.717) is 5.56 Å². The Morgan fingerprint density at radius 2 is 2.31 bits per heavy atom. The van der Waals surface area contributed by atoms with Crippen LogP contribution in [0.25, 0.3) is 0 Å². The number of imidazole rings is 1. The minimum absolute atomic E-state index is 0.655. The van der Waals surface area contributed by atoms with Crippen LogP contribution in [0.2, 0.25) is 0 Å². The average molecular weight is 294 g/mol. The van der Waals surface area contributed by atoms with E-state index in [0.717, 1.165) is 14.5 Å². The average Bonchev–Trinajstić information content (AvgIpc) is 2.67. The van der Waals surface area contributed by atoms with Crippen LogP contribution in [0.4, 0.5) is 0 Å². The van der Waals surface area contributed by atoms with Crippen LogP contribution >= 0.6 is 27.7 Å². The molecule has 0 amide bonds. The van der Waals surface area contributed by atoms with E-state index in [9.17, 15) is 0 Å². The van der Waals surface area contributed by atoms with E-state index in [4.69, 9.17) is 5.26 Å². The van der Waals surface area contributed by atoms with Gasteiger partial charge in [0, 0.05) is 28.8 Å². The van der Waals surface area contributed by atoms with Crippen molar-refractivity contribution >= 4 is 27.7 Å². The second-order valence-electron chi connectivity index (χ2n) is 3.18. The Hall–Kier alpha value is -1.25. The molecule has 2 aromatic rings. The zero-order chi connectivity index (χ0) is 11.5. The predicted molar refractivity (Wildman–Crippen MR) is 66.2 cm³/mol. The second-order valence-corrected chi connectivity index (χ2v) is 5.10. The van der Waals surface area contributed by atoms with Crippen molar-refractivity contribution in [2.24, 2.45) is 7.05 Å². The third-order valence-corrected chi connectivity index (χ3v) is 3.69. The van der Waals surface area contributed by atoms with E-state index in [-0.39, 0.29) is 0 Å². The first kappa shape index (κ1) is 11.2. The Bertz CT molecular complexity index is 557. The number of nitrogens with zero attached hydrogens (tertiary/aromatic N) is 3. The van der Waals surface area contributed by atoms with Gasteiger partial charge in [0.1, 0.15) is 6.07 Å². The molecule has 1 aromatic carbocycles. The SMILES string of the molecule is Cn1ccnc1Sc1ccc(Br)cc1C#N. The van der Waals surface area contributed by atoms with Gasteiger partial charge in [0.25, 0.3) is 0 Å². The minimum atomic E-state index is 0.655. The highest BCUT2D eigenvalue weighted by atomic mass is 79.9. The van der Waals surface area contributed by atoms with Crippen LogP contribution in [-0.4, -0.2) is 9.55 Å². The first-order valence-electron chi connectivity index (χ1n) is 4.55. The van der Waals surface area contributed by atoms with Crippen molar-refractivity contribution in [2.45, 2.75) is 10.1 Å². The number of nitriles is 1. The summed E-state index contributed by atoms with van der Waals surface area (Å²) in [6.07, 6.45) is 3.63. The Kier molecular flexibility index (Phi) is 3.32. The highest BCUT2D eigenvalue weighted by Gasteiger charge is 2.07. The molecule has 2 rings (SSSR count). The molecular weight excluding hydrogens is 286 g/mol. The molecule has 1 heterocycles. The van der Waals surface area contributed by atoms with Crippen molar-refractivity contribution in [1.29, 1.82) is 5.26 Å². The Labute approximate surface area is 106 Å². The van der Waals surface area contributed by atoms with E-state index in [2.05, 4.69) is 27.0 Å². The molecule has 0 atom stereocenters. The lowest BCUT2D eigenvalue weighted by atomic mass is 10.2. The maximum absolute atomic E-state index is 9.03. The van der Waals surface area contributed by atoms with Crippen molar-refractivity contribution in [2.75, 3.05) is 0 Å². The first-order chi connectivity index (χ1) is 7.70. The number of benzene rings is 1. The summed E-state index contributed by atoms with van der Waals surface area (Å²) in [7, 11) is 1.93. The monoisotopic (exact) mass is 293 g/mol. The van der Waals surface area contributed by atoms with Crippen molar-refractivity contribution in [1.82, 2.24) is 9.55 Å². The van der Waals surface area contributed by atoms with Gasteiger partial charge in [0.2, 0.25) is 0 Å². The van der Waals surface area contributed by atoms with Crippen LogP contribution < -0.4 is 0 Å². The summed E-state index contributed by atoms with van der Waals surface area (Å²) in [6.45, 7) is 0. The van der Waals surface area contributed by atoms with Gasteiger partial charge >= 0.3 is 0 Å². The van der Waals surface area contributed by atoms with Gasteiger partial charge in [-0.25, -0.2) is 4.98 Å². The van der Waals surface area contributed by atoms with Crippen molar-refractivity contribution in [3.8, 4) is 6.07 Å². The van der Waals surface area contributed by atoms with Gasteiger partial charge in [-0.3, -0.25) is 0 Å². The van der Waals surface area contributed by atoms with E-state index in [1.54, 1.807) is 6.20 Å². The molecule has 0 aliphatic rings. The molecule has 0 aliphatic heterocycles. The maximum atomic E-state index is 9.03. The van der Waals surface area contributed by atoms with Crippen LogP contribution in [0, 0.1) is 11.3 Å². The first-order valence-corrected chi connectivity index (χ1v) is 6.16. The lowest BCUT2D eigenvalue weighted by molar-refractivity contribution is 0.790. The van der Waals surface area contributed by atoms with Crippen LogP contribution in [0.3, 0.4) is 0 Å². The molecule has 0 saturated carbocycles. The Morgan fingerprint density at radius 3 is 2.94 bits per heavy atom. The van der Waals surface area contributed by atoms with Crippen molar-refractivity contribution in [3.63, 3.8) is 0 Å². The summed E-state index contributed by atoms with van der Waals surface area (Å²) in [5, 5.41) is 9.90. The molecule has 0 N–H and O–H groups in total. The standard InChI is InChI=1S/C11H8BrN3S/c1-15-5-4-14-11(15)16-10-3-2-9(12)6-8(10)7-13/h2-6H,1H3. The number of hydrogen-bond donors (Lipinski definition) is 0. The largest absolute Gasteiger partial charge is 0.329 e. The van der Waals surface area contributed by atoms with Crippen LogP contribution in [-0.2, 0) is 7.05 Å². The number of rotatable bonds is 2. The van der Waals surface area contributed by atoms with Gasteiger partial charge in [-0.15, -0.1) is 0 Å². The highest BCUT2D eigenvalue weighted by molar-refractivity contribution is 9.10.